The first-order chi connectivity index (χ1) is 17.4. The van der Waals surface area contributed by atoms with Crippen molar-refractivity contribution in [3.8, 4) is 23.0 Å². The molecule has 3 rings (SSSR count). The standard InChI is InChI=1S/C25H24O12/c26-15-5-1-13(9-17(15)28)3-7-21(31)36-20-12-25(24(34)35,11-19(30)23(20)33)37-22(32)8-4-14-2-6-16(27)18(29)10-14/h1-10,19-20,23,26-30,33H,11-12H2,(H,34,35)/t19-,20-,23-,25+/m0/s1. The number of carboxylic acid groups (broad SMARTS) is 1. The van der Waals surface area contributed by atoms with Gasteiger partial charge in [0.25, 0.3) is 0 Å². The summed E-state index contributed by atoms with van der Waals surface area (Å²) in [5, 5.41) is 68.0. The number of aliphatic hydroxyl groups excluding tert-OH is 2. The van der Waals surface area contributed by atoms with Gasteiger partial charge in [0.15, 0.2) is 23.0 Å². The fraction of sp³-hybridized carbons (Fsp3) is 0.240. The van der Waals surface area contributed by atoms with Gasteiger partial charge >= 0.3 is 17.9 Å². The lowest BCUT2D eigenvalue weighted by molar-refractivity contribution is -0.207. The van der Waals surface area contributed by atoms with Crippen LogP contribution in [0.2, 0.25) is 0 Å². The summed E-state index contributed by atoms with van der Waals surface area (Å²) in [6.07, 6.45) is -2.09. The second-order valence-electron chi connectivity index (χ2n) is 8.33. The molecule has 7 N–H and O–H groups in total. The monoisotopic (exact) mass is 516 g/mol. The number of aromatic hydroxyl groups is 4. The summed E-state index contributed by atoms with van der Waals surface area (Å²) in [7, 11) is 0. The number of aliphatic carboxylic acids is 1. The lowest BCUT2D eigenvalue weighted by Gasteiger charge is -2.41. The van der Waals surface area contributed by atoms with E-state index in [4.69, 9.17) is 9.47 Å². The molecule has 1 fully saturated rings. The van der Waals surface area contributed by atoms with Gasteiger partial charge in [0, 0.05) is 25.0 Å². The summed E-state index contributed by atoms with van der Waals surface area (Å²) in [6.45, 7) is 0. The average Bonchev–Trinajstić information content (AvgIpc) is 2.83. The molecular formula is C25H24O12. The third-order valence-electron chi connectivity index (χ3n) is 5.62. The number of esters is 2. The summed E-state index contributed by atoms with van der Waals surface area (Å²) in [4.78, 5) is 36.7. The number of rotatable bonds is 7. The minimum Gasteiger partial charge on any atom is -0.504 e. The van der Waals surface area contributed by atoms with E-state index < -0.39 is 66.2 Å². The molecule has 12 nitrogen and oxygen atoms in total. The molecule has 1 aliphatic carbocycles. The molecule has 12 heteroatoms. The number of benzene rings is 2. The second kappa shape index (κ2) is 11.0. The van der Waals surface area contributed by atoms with Crippen molar-refractivity contribution in [3.05, 3.63) is 59.7 Å². The number of aliphatic hydroxyl groups is 2. The van der Waals surface area contributed by atoms with Crippen LogP contribution in [0.4, 0.5) is 0 Å². The predicted molar refractivity (Wildman–Crippen MR) is 125 cm³/mol. The van der Waals surface area contributed by atoms with E-state index in [1.54, 1.807) is 0 Å². The van der Waals surface area contributed by atoms with Gasteiger partial charge in [-0.2, -0.15) is 0 Å². The molecule has 0 aliphatic heterocycles. The molecule has 0 aromatic heterocycles. The van der Waals surface area contributed by atoms with Gasteiger partial charge in [-0.05, 0) is 47.5 Å². The minimum absolute atomic E-state index is 0.288. The molecule has 0 spiro atoms. The summed E-state index contributed by atoms with van der Waals surface area (Å²) in [6, 6.07) is 7.44. The van der Waals surface area contributed by atoms with Crippen molar-refractivity contribution in [1.29, 1.82) is 0 Å². The zero-order valence-corrected chi connectivity index (χ0v) is 19.1. The van der Waals surface area contributed by atoms with E-state index in [0.717, 1.165) is 18.2 Å². The first-order valence-corrected chi connectivity index (χ1v) is 10.8. The Morgan fingerprint density at radius 3 is 1.78 bits per heavy atom. The molecule has 1 saturated carbocycles. The highest BCUT2D eigenvalue weighted by Crippen LogP contribution is 2.35. The molecule has 0 radical (unpaired) electrons. The van der Waals surface area contributed by atoms with Gasteiger partial charge in [-0.1, -0.05) is 12.1 Å². The van der Waals surface area contributed by atoms with Crippen LogP contribution in [0.3, 0.4) is 0 Å². The van der Waals surface area contributed by atoms with Crippen LogP contribution in [0.5, 0.6) is 23.0 Å². The Labute approximate surface area is 209 Å². The maximum Gasteiger partial charge on any atom is 0.348 e. The summed E-state index contributed by atoms with van der Waals surface area (Å²) in [5.74, 6) is -5.41. The fourth-order valence-corrected chi connectivity index (χ4v) is 3.68. The van der Waals surface area contributed by atoms with Gasteiger partial charge in [-0.3, -0.25) is 0 Å². The van der Waals surface area contributed by atoms with Gasteiger partial charge in [0.2, 0.25) is 5.60 Å². The van der Waals surface area contributed by atoms with Gasteiger partial charge < -0.3 is 45.2 Å². The number of carboxylic acids is 1. The normalized spacial score (nSPS) is 23.7. The lowest BCUT2D eigenvalue weighted by atomic mass is 9.79. The molecule has 0 unspecified atom stereocenters. The van der Waals surface area contributed by atoms with E-state index in [0.29, 0.717) is 5.56 Å². The third kappa shape index (κ3) is 6.57. The Bertz CT molecular complexity index is 1250. The van der Waals surface area contributed by atoms with Crippen LogP contribution < -0.4 is 0 Å². The Hall–Kier alpha value is -4.55. The van der Waals surface area contributed by atoms with Crippen molar-refractivity contribution in [2.45, 2.75) is 36.8 Å². The van der Waals surface area contributed by atoms with Gasteiger partial charge in [0.1, 0.15) is 12.2 Å². The van der Waals surface area contributed by atoms with Crippen molar-refractivity contribution < 1.29 is 59.6 Å². The van der Waals surface area contributed by atoms with Crippen LogP contribution in [0.15, 0.2) is 48.6 Å². The summed E-state index contributed by atoms with van der Waals surface area (Å²) in [5.41, 5.74) is -1.73. The largest absolute Gasteiger partial charge is 0.504 e. The van der Waals surface area contributed by atoms with Crippen molar-refractivity contribution in [1.82, 2.24) is 0 Å². The quantitative estimate of drug-likeness (QED) is 0.156. The highest BCUT2D eigenvalue weighted by Gasteiger charge is 2.54. The smallest absolute Gasteiger partial charge is 0.348 e. The van der Waals surface area contributed by atoms with Crippen LogP contribution in [0.25, 0.3) is 12.2 Å². The molecule has 2 aromatic rings. The maximum atomic E-state index is 12.4. The van der Waals surface area contributed by atoms with E-state index in [2.05, 4.69) is 0 Å². The third-order valence-corrected chi connectivity index (χ3v) is 5.62. The van der Waals surface area contributed by atoms with E-state index in [-0.39, 0.29) is 17.1 Å². The molecule has 4 atom stereocenters. The molecule has 2 aromatic carbocycles. The van der Waals surface area contributed by atoms with Crippen LogP contribution in [-0.2, 0) is 23.9 Å². The Morgan fingerprint density at radius 1 is 0.784 bits per heavy atom. The topological polar surface area (TPSA) is 211 Å². The number of hydrogen-bond donors (Lipinski definition) is 7. The number of phenols is 4. The van der Waals surface area contributed by atoms with Gasteiger partial charge in [0.05, 0.1) is 6.10 Å². The molecule has 0 heterocycles. The predicted octanol–water partition coefficient (Wildman–Crippen LogP) is 1.03. The maximum absolute atomic E-state index is 12.4. The Kier molecular flexibility index (Phi) is 8.05. The second-order valence-corrected chi connectivity index (χ2v) is 8.33. The van der Waals surface area contributed by atoms with E-state index in [9.17, 15) is 50.1 Å². The molecule has 0 amide bonds. The Balaban J connectivity index is 1.73. The summed E-state index contributed by atoms with van der Waals surface area (Å²) >= 11 is 0. The van der Waals surface area contributed by atoms with Crippen molar-refractivity contribution in [3.63, 3.8) is 0 Å². The van der Waals surface area contributed by atoms with Crippen molar-refractivity contribution in [2.24, 2.45) is 0 Å². The molecular weight excluding hydrogens is 492 g/mol. The highest BCUT2D eigenvalue weighted by molar-refractivity contribution is 5.91. The number of hydrogen-bond acceptors (Lipinski definition) is 11. The van der Waals surface area contributed by atoms with Crippen LogP contribution in [0.1, 0.15) is 24.0 Å². The highest BCUT2D eigenvalue weighted by atomic mass is 16.6. The van der Waals surface area contributed by atoms with Crippen molar-refractivity contribution in [2.75, 3.05) is 0 Å². The van der Waals surface area contributed by atoms with E-state index >= 15 is 0 Å². The molecule has 0 bridgehead atoms. The number of ether oxygens (including phenoxy) is 2. The van der Waals surface area contributed by atoms with E-state index in [1.807, 2.05) is 0 Å². The molecule has 37 heavy (non-hydrogen) atoms. The molecule has 1 aliphatic rings. The Morgan fingerprint density at radius 2 is 1.30 bits per heavy atom. The van der Waals surface area contributed by atoms with E-state index in [1.165, 1.54) is 42.5 Å². The van der Waals surface area contributed by atoms with Crippen LogP contribution >= 0.6 is 0 Å². The van der Waals surface area contributed by atoms with Crippen LogP contribution in [-0.4, -0.2) is 77.6 Å². The number of carbonyl (C=O) groups is 3. The van der Waals surface area contributed by atoms with Gasteiger partial charge in [-0.25, -0.2) is 14.4 Å². The SMILES string of the molecule is O=C(C=Cc1ccc(O)c(O)c1)O[C@H]1C[C@@](OC(=O)C=Cc2ccc(O)c(O)c2)(C(=O)O)C[C@H](O)[C@@H]1O. The zero-order valence-electron chi connectivity index (χ0n) is 19.1. The molecule has 0 saturated heterocycles. The van der Waals surface area contributed by atoms with Crippen LogP contribution in [0, 0.1) is 0 Å². The fourth-order valence-electron chi connectivity index (χ4n) is 3.68. The number of carbonyl (C=O) groups excluding carboxylic acids is 2. The number of phenolic OH excluding ortho intramolecular Hbond substituents is 4. The first-order valence-electron chi connectivity index (χ1n) is 10.8. The average molecular weight is 516 g/mol. The van der Waals surface area contributed by atoms with Gasteiger partial charge in [-0.15, -0.1) is 0 Å². The minimum atomic E-state index is -2.34. The zero-order chi connectivity index (χ0) is 27.3. The molecule has 196 valence electrons. The lowest BCUT2D eigenvalue weighted by Crippen LogP contribution is -2.58. The first kappa shape index (κ1) is 27.0. The van der Waals surface area contributed by atoms with Crippen molar-refractivity contribution >= 4 is 30.1 Å². The summed E-state index contributed by atoms with van der Waals surface area (Å²) < 4.78 is 10.2.